The highest BCUT2D eigenvalue weighted by atomic mass is 19.1. The van der Waals surface area contributed by atoms with Gasteiger partial charge in [0.25, 0.3) is 0 Å². The number of hydrogen-bond acceptors (Lipinski definition) is 7. The fourth-order valence-electron chi connectivity index (χ4n) is 6.95. The number of halogens is 1. The second-order valence-electron chi connectivity index (χ2n) is 11.3. The Kier molecular flexibility index (Phi) is 6.60. The van der Waals surface area contributed by atoms with Crippen LogP contribution in [-0.2, 0) is 4.74 Å². The minimum atomic E-state index is -0.620. The topological polar surface area (TPSA) is 75.3 Å². The van der Waals surface area contributed by atoms with Gasteiger partial charge in [0.05, 0.1) is 18.7 Å². The molecule has 210 valence electrons. The van der Waals surface area contributed by atoms with Crippen LogP contribution in [-0.4, -0.2) is 71.5 Å². The number of hydrogen-bond donors (Lipinski definition) is 1. The average molecular weight is 554 g/mol. The number of fused-ring (bicyclic) bond motifs is 3. The summed E-state index contributed by atoms with van der Waals surface area (Å²) in [5.41, 5.74) is 0.806. The Morgan fingerprint density at radius 3 is 2.66 bits per heavy atom. The summed E-state index contributed by atoms with van der Waals surface area (Å²) in [6.45, 7) is 13.1. The lowest BCUT2D eigenvalue weighted by Gasteiger charge is -2.31. The van der Waals surface area contributed by atoms with E-state index in [1.165, 1.54) is 6.07 Å². The summed E-state index contributed by atoms with van der Waals surface area (Å²) >= 11 is 0. The van der Waals surface area contributed by atoms with Crippen LogP contribution in [0.5, 0.6) is 11.8 Å². The van der Waals surface area contributed by atoms with E-state index in [0.717, 1.165) is 56.0 Å². The number of rotatable bonds is 5. The van der Waals surface area contributed by atoms with Gasteiger partial charge in [-0.1, -0.05) is 24.3 Å². The third kappa shape index (κ3) is 4.52. The third-order valence-electron chi connectivity index (χ3n) is 8.91. The van der Waals surface area contributed by atoms with E-state index < -0.39 is 5.82 Å². The summed E-state index contributed by atoms with van der Waals surface area (Å²) in [4.78, 5) is 17.8. The van der Waals surface area contributed by atoms with Crippen LogP contribution in [0.25, 0.3) is 37.6 Å². The number of anilines is 1. The van der Waals surface area contributed by atoms with Gasteiger partial charge >= 0.3 is 6.01 Å². The lowest BCUT2D eigenvalue weighted by Crippen LogP contribution is -2.43. The van der Waals surface area contributed by atoms with E-state index >= 15 is 4.39 Å². The molecule has 0 aliphatic carbocycles. The zero-order valence-electron chi connectivity index (χ0n) is 22.9. The molecule has 0 saturated carbocycles. The molecule has 9 heteroatoms. The highest BCUT2D eigenvalue weighted by Gasteiger charge is 2.45. The molecule has 0 unspecified atom stereocenters. The fourth-order valence-corrected chi connectivity index (χ4v) is 6.95. The van der Waals surface area contributed by atoms with Gasteiger partial charge in [-0.3, -0.25) is 4.90 Å². The average Bonchev–Trinajstić information content (AvgIpc) is 3.45. The molecule has 4 heterocycles. The highest BCUT2D eigenvalue weighted by Crippen LogP contribution is 2.44. The maximum absolute atomic E-state index is 16.8. The van der Waals surface area contributed by atoms with Crippen molar-refractivity contribution in [1.82, 2.24) is 14.9 Å². The molecule has 0 amide bonds. The van der Waals surface area contributed by atoms with Gasteiger partial charge < -0.3 is 19.5 Å². The smallest absolute Gasteiger partial charge is 0.319 e. The Labute approximate surface area is 238 Å². The van der Waals surface area contributed by atoms with Gasteiger partial charge in [0.2, 0.25) is 0 Å². The highest BCUT2D eigenvalue weighted by molar-refractivity contribution is 6.05. The third-order valence-corrected chi connectivity index (χ3v) is 8.91. The van der Waals surface area contributed by atoms with Crippen molar-refractivity contribution in [3.8, 4) is 22.9 Å². The van der Waals surface area contributed by atoms with Gasteiger partial charge in [-0.25, -0.2) is 9.24 Å². The number of phenolic OH excluding ortho intramolecular Hbond substituents is 1. The van der Waals surface area contributed by atoms with Crippen molar-refractivity contribution in [2.75, 3.05) is 50.9 Å². The molecule has 3 aliphatic rings. The molecule has 41 heavy (non-hydrogen) atoms. The fraction of sp³-hybridized carbons (Fsp3) is 0.406. The Morgan fingerprint density at radius 1 is 1.00 bits per heavy atom. The van der Waals surface area contributed by atoms with Crippen molar-refractivity contribution in [2.45, 2.75) is 37.6 Å². The molecule has 3 aliphatic heterocycles. The van der Waals surface area contributed by atoms with Gasteiger partial charge in [0.15, 0.2) is 5.69 Å². The quantitative estimate of drug-likeness (QED) is 0.300. The summed E-state index contributed by atoms with van der Waals surface area (Å²) in [5.74, 6) is -0.0628. The molecule has 0 radical (unpaired) electrons. The number of nitrogens with zero attached hydrogens (tertiary/aromatic N) is 5. The van der Waals surface area contributed by atoms with Crippen LogP contribution in [0.4, 0.5) is 15.9 Å². The molecule has 1 N–H and O–H groups in total. The largest absolute Gasteiger partial charge is 0.508 e. The zero-order chi connectivity index (χ0) is 28.0. The molecule has 1 aromatic heterocycles. The maximum Gasteiger partial charge on any atom is 0.319 e. The molecule has 0 spiro atoms. The first-order valence-corrected chi connectivity index (χ1v) is 14.4. The van der Waals surface area contributed by atoms with Crippen LogP contribution in [0, 0.1) is 12.4 Å². The van der Waals surface area contributed by atoms with Crippen LogP contribution in [0.15, 0.2) is 42.5 Å². The number of ether oxygens (including phenoxy) is 2. The number of benzene rings is 3. The van der Waals surface area contributed by atoms with E-state index in [-0.39, 0.29) is 34.1 Å². The number of phenols is 1. The monoisotopic (exact) mass is 553 g/mol. The Bertz CT molecular complexity index is 1670. The normalized spacial score (nSPS) is 18.9. The van der Waals surface area contributed by atoms with E-state index in [1.807, 2.05) is 24.3 Å². The van der Waals surface area contributed by atoms with Gasteiger partial charge in [0.1, 0.15) is 29.5 Å². The molecule has 3 saturated heterocycles. The van der Waals surface area contributed by atoms with Gasteiger partial charge in [-0.15, -0.1) is 0 Å². The summed E-state index contributed by atoms with van der Waals surface area (Å²) in [5, 5.41) is 12.5. The van der Waals surface area contributed by atoms with Crippen LogP contribution in [0.1, 0.15) is 32.1 Å². The van der Waals surface area contributed by atoms with Crippen LogP contribution < -0.4 is 9.64 Å². The molecule has 8 nitrogen and oxygen atoms in total. The van der Waals surface area contributed by atoms with Crippen molar-refractivity contribution in [1.29, 1.82) is 0 Å². The maximum atomic E-state index is 16.8. The molecule has 4 aromatic rings. The van der Waals surface area contributed by atoms with E-state index in [0.29, 0.717) is 49.7 Å². The van der Waals surface area contributed by atoms with Crippen molar-refractivity contribution in [3.05, 3.63) is 59.7 Å². The van der Waals surface area contributed by atoms with Gasteiger partial charge in [-0.05, 0) is 79.7 Å². The predicted molar refractivity (Wildman–Crippen MR) is 156 cm³/mol. The van der Waals surface area contributed by atoms with Crippen LogP contribution >= 0.6 is 0 Å². The summed E-state index contributed by atoms with van der Waals surface area (Å²) < 4.78 is 28.8. The van der Waals surface area contributed by atoms with Crippen LogP contribution in [0.2, 0.25) is 0 Å². The first kappa shape index (κ1) is 25.9. The van der Waals surface area contributed by atoms with Crippen molar-refractivity contribution >= 4 is 33.2 Å². The summed E-state index contributed by atoms with van der Waals surface area (Å²) in [6, 6.07) is 12.4. The molecule has 0 atom stereocenters. The molecule has 3 fully saturated rings. The van der Waals surface area contributed by atoms with Crippen molar-refractivity contribution < 1.29 is 19.0 Å². The minimum Gasteiger partial charge on any atom is -0.508 e. The SMILES string of the molecule is [C-]#[N+]c1cc2c(N3CCCOCC3)nc(OCC34CCCN3CCC4)nc2c(F)c1-c1cc(O)cc2ccccc12. The van der Waals surface area contributed by atoms with Crippen molar-refractivity contribution in [2.24, 2.45) is 0 Å². The first-order chi connectivity index (χ1) is 20.1. The molecule has 0 bridgehead atoms. The van der Waals surface area contributed by atoms with Gasteiger partial charge in [-0.2, -0.15) is 9.97 Å². The van der Waals surface area contributed by atoms with E-state index in [9.17, 15) is 5.11 Å². The molecule has 7 rings (SSSR count). The standard InChI is InChI=1S/C32H32FN5O3/c1-34-26-19-25-29(28(33)27(26)24-18-22(39)17-21-7-2-3-8-23(21)24)35-31(36-30(25)37-11-6-15-40-16-14-37)41-20-32-9-4-12-38(32)13-5-10-32/h2-3,7-8,17-19,39H,4-6,9-16,20H2. The van der Waals surface area contributed by atoms with Gasteiger partial charge in [0, 0.05) is 30.6 Å². The van der Waals surface area contributed by atoms with E-state index in [1.54, 1.807) is 12.1 Å². The Morgan fingerprint density at radius 2 is 1.83 bits per heavy atom. The molecule has 3 aromatic carbocycles. The lowest BCUT2D eigenvalue weighted by molar-refractivity contribution is 0.108. The minimum absolute atomic E-state index is 0.00281. The zero-order valence-corrected chi connectivity index (χ0v) is 22.9. The second-order valence-corrected chi connectivity index (χ2v) is 11.3. The van der Waals surface area contributed by atoms with E-state index in [2.05, 4.69) is 19.6 Å². The lowest BCUT2D eigenvalue weighted by atomic mass is 9.94. The Balaban J connectivity index is 1.41. The Hall–Kier alpha value is -4.00. The summed E-state index contributed by atoms with van der Waals surface area (Å²) in [6.07, 6.45) is 5.26. The summed E-state index contributed by atoms with van der Waals surface area (Å²) in [7, 11) is 0. The van der Waals surface area contributed by atoms with Crippen LogP contribution in [0.3, 0.4) is 0 Å². The van der Waals surface area contributed by atoms with Crippen molar-refractivity contribution in [3.63, 3.8) is 0 Å². The number of aromatic hydroxyl groups is 1. The molecular weight excluding hydrogens is 521 g/mol. The predicted octanol–water partition coefficient (Wildman–Crippen LogP) is 6.08. The van der Waals surface area contributed by atoms with E-state index in [4.69, 9.17) is 21.0 Å². The second kappa shape index (κ2) is 10.4. The molecular formula is C32H32FN5O3. The first-order valence-electron chi connectivity index (χ1n) is 14.4. The number of aromatic nitrogens is 2.